The second-order valence-corrected chi connectivity index (χ2v) is 6.42. The van der Waals surface area contributed by atoms with E-state index in [2.05, 4.69) is 10.4 Å². The molecule has 0 saturated carbocycles. The van der Waals surface area contributed by atoms with Crippen molar-refractivity contribution in [3.05, 3.63) is 76.1 Å². The van der Waals surface area contributed by atoms with Crippen molar-refractivity contribution in [3.63, 3.8) is 0 Å². The van der Waals surface area contributed by atoms with Gasteiger partial charge in [-0.1, -0.05) is 18.2 Å². The summed E-state index contributed by atoms with van der Waals surface area (Å²) in [6.07, 6.45) is 1.61. The summed E-state index contributed by atoms with van der Waals surface area (Å²) < 4.78 is 7.38. The van der Waals surface area contributed by atoms with Crippen LogP contribution in [0.3, 0.4) is 0 Å². The third kappa shape index (κ3) is 4.17. The van der Waals surface area contributed by atoms with Crippen LogP contribution in [0.2, 0.25) is 0 Å². The molecule has 0 radical (unpaired) electrons. The number of hydrogen-bond donors (Lipinski definition) is 1. The van der Waals surface area contributed by atoms with E-state index in [1.54, 1.807) is 36.0 Å². The zero-order valence-corrected chi connectivity index (χ0v) is 15.7. The van der Waals surface area contributed by atoms with E-state index in [-0.39, 0.29) is 23.0 Å². The Hall–Kier alpha value is -3.68. The number of carbonyl (C=O) groups excluding carboxylic acids is 1. The first-order chi connectivity index (χ1) is 13.3. The van der Waals surface area contributed by atoms with Gasteiger partial charge in [-0.3, -0.25) is 19.6 Å². The van der Waals surface area contributed by atoms with Crippen LogP contribution in [0, 0.1) is 24.0 Å². The molecular weight excluding hydrogens is 360 g/mol. The molecule has 1 unspecified atom stereocenters. The fraction of sp³-hybridized carbons (Fsp3) is 0.200. The number of nitro groups is 1. The average molecular weight is 380 g/mol. The highest BCUT2D eigenvalue weighted by Crippen LogP contribution is 2.31. The molecule has 0 aliphatic carbocycles. The maximum Gasteiger partial charge on any atom is 0.275 e. The van der Waals surface area contributed by atoms with Crippen molar-refractivity contribution >= 4 is 17.3 Å². The number of ether oxygens (including phenoxy) is 1. The van der Waals surface area contributed by atoms with Gasteiger partial charge in [0.15, 0.2) is 0 Å². The van der Waals surface area contributed by atoms with Crippen LogP contribution in [0.15, 0.2) is 54.7 Å². The summed E-state index contributed by atoms with van der Waals surface area (Å²) in [7, 11) is 0. The van der Waals surface area contributed by atoms with Crippen LogP contribution in [0.1, 0.15) is 24.2 Å². The lowest BCUT2D eigenvalue weighted by molar-refractivity contribution is -0.384. The van der Waals surface area contributed by atoms with Crippen molar-refractivity contribution in [1.82, 2.24) is 9.78 Å². The summed E-state index contributed by atoms with van der Waals surface area (Å²) in [5.74, 6) is 0.511. The van der Waals surface area contributed by atoms with Gasteiger partial charge < -0.3 is 10.1 Å². The molecule has 1 N–H and O–H groups in total. The Balaban J connectivity index is 1.87. The lowest BCUT2D eigenvalue weighted by Gasteiger charge is -2.15. The number of aryl methyl sites for hydroxylation is 2. The number of rotatable bonds is 6. The molecule has 3 aromatic rings. The summed E-state index contributed by atoms with van der Waals surface area (Å²) in [4.78, 5) is 23.4. The molecule has 3 rings (SSSR count). The van der Waals surface area contributed by atoms with Crippen molar-refractivity contribution in [2.45, 2.75) is 26.8 Å². The third-order valence-electron chi connectivity index (χ3n) is 4.31. The molecule has 0 aliphatic rings. The standard InChI is InChI=1S/C20H20N4O4/c1-13-6-4-5-7-19(13)28-18-11-16(10-17(12-18)24(26)27)22-20(25)15(3)23-14(2)8-9-21-23/h4-12,15H,1-3H3,(H,22,25). The molecule has 0 spiro atoms. The van der Waals surface area contributed by atoms with Gasteiger partial charge in [0.25, 0.3) is 5.69 Å². The van der Waals surface area contributed by atoms with Crippen LogP contribution in [-0.2, 0) is 4.79 Å². The maximum absolute atomic E-state index is 12.6. The summed E-state index contributed by atoms with van der Waals surface area (Å²) in [6, 6.07) is 12.7. The van der Waals surface area contributed by atoms with Crippen molar-refractivity contribution < 1.29 is 14.5 Å². The van der Waals surface area contributed by atoms with E-state index >= 15 is 0 Å². The summed E-state index contributed by atoms with van der Waals surface area (Å²) in [5, 5.41) is 18.1. The molecule has 0 fully saturated rings. The third-order valence-corrected chi connectivity index (χ3v) is 4.31. The van der Waals surface area contributed by atoms with Crippen molar-refractivity contribution in [2.24, 2.45) is 0 Å². The molecule has 1 amide bonds. The van der Waals surface area contributed by atoms with Gasteiger partial charge in [0.2, 0.25) is 5.91 Å². The van der Waals surface area contributed by atoms with E-state index in [9.17, 15) is 14.9 Å². The molecular formula is C20H20N4O4. The predicted molar refractivity (Wildman–Crippen MR) is 105 cm³/mol. The van der Waals surface area contributed by atoms with Crippen LogP contribution < -0.4 is 10.1 Å². The average Bonchev–Trinajstić information content (AvgIpc) is 3.08. The van der Waals surface area contributed by atoms with Gasteiger partial charge in [0, 0.05) is 24.0 Å². The molecule has 144 valence electrons. The molecule has 0 bridgehead atoms. The molecule has 8 heteroatoms. The summed E-state index contributed by atoms with van der Waals surface area (Å²) in [6.45, 7) is 5.43. The minimum atomic E-state index is -0.574. The molecule has 28 heavy (non-hydrogen) atoms. The van der Waals surface area contributed by atoms with Crippen molar-refractivity contribution in [1.29, 1.82) is 0 Å². The summed E-state index contributed by atoms with van der Waals surface area (Å²) in [5.41, 5.74) is 1.83. The number of amides is 1. The first-order valence-electron chi connectivity index (χ1n) is 8.69. The van der Waals surface area contributed by atoms with Gasteiger partial charge in [-0.15, -0.1) is 0 Å². The van der Waals surface area contributed by atoms with Gasteiger partial charge in [0.1, 0.15) is 17.5 Å². The van der Waals surface area contributed by atoms with Gasteiger partial charge in [-0.25, -0.2) is 0 Å². The van der Waals surface area contributed by atoms with E-state index in [1.807, 2.05) is 32.0 Å². The highest BCUT2D eigenvalue weighted by atomic mass is 16.6. The van der Waals surface area contributed by atoms with E-state index in [0.717, 1.165) is 11.3 Å². The number of carbonyl (C=O) groups is 1. The molecule has 1 aromatic heterocycles. The minimum absolute atomic E-state index is 0.177. The zero-order valence-electron chi connectivity index (χ0n) is 15.7. The number of nitrogens with zero attached hydrogens (tertiary/aromatic N) is 3. The van der Waals surface area contributed by atoms with Gasteiger partial charge in [0.05, 0.1) is 16.7 Å². The molecule has 1 heterocycles. The quantitative estimate of drug-likeness (QED) is 0.505. The van der Waals surface area contributed by atoms with E-state index in [4.69, 9.17) is 4.74 Å². The first-order valence-corrected chi connectivity index (χ1v) is 8.69. The Morgan fingerprint density at radius 1 is 1.21 bits per heavy atom. The maximum atomic E-state index is 12.6. The van der Waals surface area contributed by atoms with Crippen molar-refractivity contribution in [3.8, 4) is 11.5 Å². The number of aromatic nitrogens is 2. The van der Waals surface area contributed by atoms with Crippen LogP contribution >= 0.6 is 0 Å². The Bertz CT molecular complexity index is 1030. The Kier molecular flexibility index (Phi) is 5.39. The van der Waals surface area contributed by atoms with E-state index in [0.29, 0.717) is 5.75 Å². The highest BCUT2D eigenvalue weighted by molar-refractivity contribution is 5.94. The number of hydrogen-bond acceptors (Lipinski definition) is 5. The summed E-state index contributed by atoms with van der Waals surface area (Å²) >= 11 is 0. The molecule has 8 nitrogen and oxygen atoms in total. The predicted octanol–water partition coefficient (Wildman–Crippen LogP) is 4.40. The van der Waals surface area contributed by atoms with Crippen LogP contribution in [0.5, 0.6) is 11.5 Å². The number of nitro benzene ring substituents is 1. The number of anilines is 1. The zero-order chi connectivity index (χ0) is 20.3. The van der Waals surface area contributed by atoms with Crippen LogP contribution in [0.25, 0.3) is 0 Å². The fourth-order valence-electron chi connectivity index (χ4n) is 2.76. The lowest BCUT2D eigenvalue weighted by Crippen LogP contribution is -2.25. The first kappa shape index (κ1) is 19.1. The van der Waals surface area contributed by atoms with Crippen molar-refractivity contribution in [2.75, 3.05) is 5.32 Å². The van der Waals surface area contributed by atoms with Crippen LogP contribution in [0.4, 0.5) is 11.4 Å². The largest absolute Gasteiger partial charge is 0.457 e. The topological polar surface area (TPSA) is 99.3 Å². The Labute approximate surface area is 161 Å². The molecule has 0 aliphatic heterocycles. The Morgan fingerprint density at radius 3 is 2.61 bits per heavy atom. The molecule has 2 aromatic carbocycles. The van der Waals surface area contributed by atoms with Crippen LogP contribution in [-0.4, -0.2) is 20.6 Å². The van der Waals surface area contributed by atoms with Gasteiger partial charge in [-0.2, -0.15) is 5.10 Å². The monoisotopic (exact) mass is 380 g/mol. The highest BCUT2D eigenvalue weighted by Gasteiger charge is 2.19. The number of benzene rings is 2. The SMILES string of the molecule is Cc1ccccc1Oc1cc(NC(=O)C(C)n2nccc2C)cc([N+](=O)[O-])c1. The fourth-order valence-corrected chi connectivity index (χ4v) is 2.76. The normalized spacial score (nSPS) is 11.7. The van der Waals surface area contributed by atoms with Gasteiger partial charge >= 0.3 is 0 Å². The number of para-hydroxylation sites is 1. The van der Waals surface area contributed by atoms with E-state index < -0.39 is 11.0 Å². The second kappa shape index (κ2) is 7.91. The number of non-ortho nitro benzene ring substituents is 1. The Morgan fingerprint density at radius 2 is 1.96 bits per heavy atom. The molecule has 1 atom stereocenters. The lowest BCUT2D eigenvalue weighted by atomic mass is 10.2. The second-order valence-electron chi connectivity index (χ2n) is 6.42. The number of nitrogens with one attached hydrogen (secondary N) is 1. The molecule has 0 saturated heterocycles. The van der Waals surface area contributed by atoms with E-state index in [1.165, 1.54) is 12.1 Å². The van der Waals surface area contributed by atoms with Gasteiger partial charge in [-0.05, 0) is 38.5 Å². The smallest absolute Gasteiger partial charge is 0.275 e. The minimum Gasteiger partial charge on any atom is -0.457 e.